The lowest BCUT2D eigenvalue weighted by Crippen LogP contribution is -2.29. The van der Waals surface area contributed by atoms with Gasteiger partial charge in [0, 0.05) is 0 Å². The van der Waals surface area contributed by atoms with Crippen LogP contribution >= 0.6 is 0 Å². The number of hydrogen-bond donors (Lipinski definition) is 2. The van der Waals surface area contributed by atoms with E-state index in [1.807, 2.05) is 38.1 Å². The maximum absolute atomic E-state index is 10.8. The van der Waals surface area contributed by atoms with Gasteiger partial charge in [-0.15, -0.1) is 0 Å². The fourth-order valence-corrected chi connectivity index (χ4v) is 8.22. The molecule has 0 spiro atoms. The van der Waals surface area contributed by atoms with Crippen LogP contribution in [0.1, 0.15) is 33.4 Å². The molecule has 0 amide bonds. The maximum Gasteiger partial charge on any atom is 0.118 e. The molecular formula is C51H38O2. The third-order valence-electron chi connectivity index (χ3n) is 11.0. The van der Waals surface area contributed by atoms with Gasteiger partial charge in [-0.2, -0.15) is 0 Å². The summed E-state index contributed by atoms with van der Waals surface area (Å²) in [5.41, 5.74) is 17.0. The molecule has 0 aliphatic heterocycles. The zero-order valence-electron chi connectivity index (χ0n) is 29.7. The van der Waals surface area contributed by atoms with Gasteiger partial charge >= 0.3 is 0 Å². The molecule has 0 saturated heterocycles. The van der Waals surface area contributed by atoms with E-state index in [0.717, 1.165) is 44.5 Å². The molecule has 0 aromatic heterocycles. The standard InChI is InChI=1S/C51H38O2/c1-33-29-43(23-27-49(33)52)51(44-24-28-50(53)34(2)30-44)47-31-41(39-17-13-37(14-18-39)35-9-5-3-6-10-35)21-25-45(47)46-26-22-42(32-48(46)51)40-19-15-38(16-20-40)36-11-7-4-8-12-36/h3-32,52-53H,1-2H3. The van der Waals surface area contributed by atoms with E-state index in [9.17, 15) is 10.2 Å². The maximum atomic E-state index is 10.8. The van der Waals surface area contributed by atoms with Crippen LogP contribution in [0, 0.1) is 13.8 Å². The van der Waals surface area contributed by atoms with Crippen molar-refractivity contribution in [1.29, 1.82) is 0 Å². The van der Waals surface area contributed by atoms with Gasteiger partial charge in [-0.05, 0) is 127 Å². The van der Waals surface area contributed by atoms with Gasteiger partial charge in [0.2, 0.25) is 0 Å². The highest BCUT2D eigenvalue weighted by atomic mass is 16.3. The Morgan fingerprint density at radius 1 is 0.321 bits per heavy atom. The molecule has 0 bridgehead atoms. The number of fused-ring (bicyclic) bond motifs is 3. The highest BCUT2D eigenvalue weighted by Gasteiger charge is 2.47. The van der Waals surface area contributed by atoms with Crippen LogP contribution in [0.5, 0.6) is 11.5 Å². The molecule has 2 nitrogen and oxygen atoms in total. The van der Waals surface area contributed by atoms with Crippen LogP contribution in [0.4, 0.5) is 0 Å². The topological polar surface area (TPSA) is 40.5 Å². The highest BCUT2D eigenvalue weighted by Crippen LogP contribution is 2.58. The van der Waals surface area contributed by atoms with E-state index in [1.165, 1.54) is 44.5 Å². The zero-order valence-corrected chi connectivity index (χ0v) is 29.7. The number of phenols is 2. The van der Waals surface area contributed by atoms with Crippen molar-refractivity contribution in [1.82, 2.24) is 0 Å². The van der Waals surface area contributed by atoms with E-state index < -0.39 is 5.41 Å². The van der Waals surface area contributed by atoms with Crippen molar-refractivity contribution in [2.45, 2.75) is 19.3 Å². The number of rotatable bonds is 6. The molecule has 2 heteroatoms. The minimum atomic E-state index is -0.735. The van der Waals surface area contributed by atoms with Gasteiger partial charge in [-0.25, -0.2) is 0 Å². The quantitative estimate of drug-likeness (QED) is 0.183. The van der Waals surface area contributed by atoms with Gasteiger partial charge < -0.3 is 10.2 Å². The predicted octanol–water partition coefficient (Wildman–Crippen LogP) is 12.7. The second-order valence-corrected chi connectivity index (χ2v) is 14.2. The Balaban J connectivity index is 1.27. The van der Waals surface area contributed by atoms with E-state index >= 15 is 0 Å². The van der Waals surface area contributed by atoms with E-state index in [2.05, 4.69) is 158 Å². The molecule has 0 unspecified atom stereocenters. The molecule has 2 N–H and O–H groups in total. The fourth-order valence-electron chi connectivity index (χ4n) is 8.22. The Morgan fingerprint density at radius 2 is 0.642 bits per heavy atom. The summed E-state index contributed by atoms with van der Waals surface area (Å²) in [6.45, 7) is 3.92. The van der Waals surface area contributed by atoms with Crippen LogP contribution in [0.3, 0.4) is 0 Å². The van der Waals surface area contributed by atoms with Crippen molar-refractivity contribution in [3.8, 4) is 67.1 Å². The van der Waals surface area contributed by atoms with Gasteiger partial charge in [0.1, 0.15) is 11.5 Å². The number of phenolic OH excluding ortho intramolecular Hbond substituents is 2. The number of aromatic hydroxyl groups is 2. The lowest BCUT2D eigenvalue weighted by Gasteiger charge is -2.35. The van der Waals surface area contributed by atoms with E-state index in [4.69, 9.17) is 0 Å². The van der Waals surface area contributed by atoms with Crippen molar-refractivity contribution in [3.63, 3.8) is 0 Å². The molecule has 1 aliphatic rings. The summed E-state index contributed by atoms with van der Waals surface area (Å²) in [7, 11) is 0. The number of hydrogen-bond acceptors (Lipinski definition) is 2. The summed E-state index contributed by atoms with van der Waals surface area (Å²) >= 11 is 0. The Kier molecular flexibility index (Phi) is 7.82. The molecule has 0 saturated carbocycles. The minimum absolute atomic E-state index is 0.267. The van der Waals surface area contributed by atoms with E-state index in [-0.39, 0.29) is 11.5 Å². The van der Waals surface area contributed by atoms with E-state index in [1.54, 1.807) is 0 Å². The van der Waals surface area contributed by atoms with Crippen LogP contribution in [-0.2, 0) is 5.41 Å². The molecule has 0 radical (unpaired) electrons. The van der Waals surface area contributed by atoms with E-state index in [0.29, 0.717) is 0 Å². The van der Waals surface area contributed by atoms with Crippen LogP contribution in [-0.4, -0.2) is 10.2 Å². The smallest absolute Gasteiger partial charge is 0.118 e. The molecule has 53 heavy (non-hydrogen) atoms. The van der Waals surface area contributed by atoms with Crippen LogP contribution in [0.2, 0.25) is 0 Å². The van der Waals surface area contributed by atoms with Gasteiger partial charge in [-0.3, -0.25) is 0 Å². The molecule has 254 valence electrons. The van der Waals surface area contributed by atoms with Gasteiger partial charge in [0.15, 0.2) is 0 Å². The second-order valence-electron chi connectivity index (χ2n) is 14.2. The summed E-state index contributed by atoms with van der Waals surface area (Å²) < 4.78 is 0. The molecule has 0 atom stereocenters. The van der Waals surface area contributed by atoms with Gasteiger partial charge in [-0.1, -0.05) is 158 Å². The first-order valence-electron chi connectivity index (χ1n) is 18.1. The molecule has 0 fully saturated rings. The average molecular weight is 683 g/mol. The third-order valence-corrected chi connectivity index (χ3v) is 11.0. The predicted molar refractivity (Wildman–Crippen MR) is 218 cm³/mol. The lowest BCUT2D eigenvalue weighted by molar-refractivity contribution is 0.470. The van der Waals surface area contributed by atoms with Crippen molar-refractivity contribution in [3.05, 3.63) is 215 Å². The van der Waals surface area contributed by atoms with Crippen molar-refractivity contribution >= 4 is 0 Å². The summed E-state index contributed by atoms with van der Waals surface area (Å²) in [6.07, 6.45) is 0. The molecule has 9 rings (SSSR count). The Hall–Kier alpha value is -6.64. The van der Waals surface area contributed by atoms with Crippen molar-refractivity contribution < 1.29 is 10.2 Å². The highest BCUT2D eigenvalue weighted by molar-refractivity contribution is 5.90. The zero-order chi connectivity index (χ0) is 36.1. The van der Waals surface area contributed by atoms with Gasteiger partial charge in [0.05, 0.1) is 5.41 Å². The number of benzene rings is 8. The molecule has 8 aromatic carbocycles. The van der Waals surface area contributed by atoms with Crippen LogP contribution in [0.15, 0.2) is 182 Å². The van der Waals surface area contributed by atoms with Crippen LogP contribution in [0.25, 0.3) is 55.6 Å². The molecule has 0 heterocycles. The van der Waals surface area contributed by atoms with Crippen molar-refractivity contribution in [2.24, 2.45) is 0 Å². The Morgan fingerprint density at radius 3 is 1.00 bits per heavy atom. The first-order valence-corrected chi connectivity index (χ1v) is 18.1. The first kappa shape index (κ1) is 32.3. The lowest BCUT2D eigenvalue weighted by atomic mass is 9.66. The largest absolute Gasteiger partial charge is 0.508 e. The second kappa shape index (κ2) is 12.8. The SMILES string of the molecule is Cc1cc(C2(c3ccc(O)c(C)c3)c3cc(-c4ccc(-c5ccccc5)cc4)ccc3-c3ccc(-c4ccc(-c5ccccc5)cc4)cc32)ccc1O. The monoisotopic (exact) mass is 682 g/mol. The summed E-state index contributed by atoms with van der Waals surface area (Å²) in [5.74, 6) is 0.535. The summed E-state index contributed by atoms with van der Waals surface area (Å²) in [5, 5.41) is 21.5. The van der Waals surface area contributed by atoms with Crippen LogP contribution < -0.4 is 0 Å². The first-order chi connectivity index (χ1) is 25.9. The fraction of sp³-hybridized carbons (Fsp3) is 0.0588. The minimum Gasteiger partial charge on any atom is -0.508 e. The Labute approximate surface area is 311 Å². The van der Waals surface area contributed by atoms with Crippen molar-refractivity contribution in [2.75, 3.05) is 0 Å². The Bertz CT molecular complexity index is 2430. The summed E-state index contributed by atoms with van der Waals surface area (Å²) in [4.78, 5) is 0. The average Bonchev–Trinajstić information content (AvgIpc) is 3.50. The number of aryl methyl sites for hydroxylation is 2. The molecule has 1 aliphatic carbocycles. The van der Waals surface area contributed by atoms with Gasteiger partial charge in [0.25, 0.3) is 0 Å². The molecular weight excluding hydrogens is 645 g/mol. The summed E-state index contributed by atoms with van der Waals surface area (Å²) in [6, 6.07) is 64.3. The third kappa shape index (κ3) is 5.43. The normalized spacial score (nSPS) is 12.6. The molecule has 8 aromatic rings.